The Balaban J connectivity index is 1.77. The van der Waals surface area contributed by atoms with Gasteiger partial charge in [-0.25, -0.2) is 4.79 Å². The number of fused-ring (bicyclic) bond motifs is 4. The number of ether oxygens (including phenoxy) is 2. The van der Waals surface area contributed by atoms with E-state index in [0.717, 1.165) is 0 Å². The number of hydrogen-bond donors (Lipinski definition) is 2. The first-order valence-corrected chi connectivity index (χ1v) is 10.4. The van der Waals surface area contributed by atoms with Gasteiger partial charge in [-0.2, -0.15) is 0 Å². The first-order valence-electron chi connectivity index (χ1n) is 10.4. The number of ketones is 1. The fourth-order valence-electron chi connectivity index (χ4n) is 6.87. The number of esters is 2. The summed E-state index contributed by atoms with van der Waals surface area (Å²) in [6.07, 6.45) is -1.17. The zero-order valence-corrected chi connectivity index (χ0v) is 17.7. The van der Waals surface area contributed by atoms with E-state index in [9.17, 15) is 24.6 Å². The molecule has 3 aliphatic carbocycles. The summed E-state index contributed by atoms with van der Waals surface area (Å²) in [5.41, 5.74) is -2.07. The lowest BCUT2D eigenvalue weighted by Crippen LogP contribution is -2.70. The molecule has 1 heterocycles. The van der Waals surface area contributed by atoms with Crippen LogP contribution < -0.4 is 0 Å². The second-order valence-corrected chi connectivity index (χ2v) is 10.1. The van der Waals surface area contributed by atoms with Gasteiger partial charge in [0.05, 0.1) is 5.60 Å². The fourth-order valence-corrected chi connectivity index (χ4v) is 6.87. The highest BCUT2D eigenvalue weighted by Crippen LogP contribution is 2.65. The first kappa shape index (κ1) is 20.5. The van der Waals surface area contributed by atoms with Gasteiger partial charge in [0.25, 0.3) is 0 Å². The first-order chi connectivity index (χ1) is 13.3. The molecular weight excluding hydrogens is 376 g/mol. The van der Waals surface area contributed by atoms with Crippen LogP contribution in [0.5, 0.6) is 0 Å². The summed E-state index contributed by atoms with van der Waals surface area (Å²) in [5.74, 6) is -1.65. The smallest absolute Gasteiger partial charge is 0.334 e. The molecule has 7 atom stereocenters. The molecule has 160 valence electrons. The predicted molar refractivity (Wildman–Crippen MR) is 101 cm³/mol. The van der Waals surface area contributed by atoms with E-state index in [-0.39, 0.29) is 18.1 Å². The molecule has 0 aromatic carbocycles. The molecule has 29 heavy (non-hydrogen) atoms. The van der Waals surface area contributed by atoms with E-state index in [0.29, 0.717) is 30.4 Å². The monoisotopic (exact) mass is 406 g/mol. The average Bonchev–Trinajstić information content (AvgIpc) is 2.89. The van der Waals surface area contributed by atoms with E-state index in [1.165, 1.54) is 6.92 Å². The molecule has 7 heteroatoms. The molecule has 3 fully saturated rings. The molecule has 1 aliphatic heterocycles. The van der Waals surface area contributed by atoms with E-state index in [4.69, 9.17) is 9.47 Å². The summed E-state index contributed by atoms with van der Waals surface area (Å²) in [6.45, 7) is 8.83. The van der Waals surface area contributed by atoms with Crippen LogP contribution in [0.3, 0.4) is 0 Å². The maximum Gasteiger partial charge on any atom is 0.334 e. The average molecular weight is 406 g/mol. The normalized spacial score (nSPS) is 45.8. The number of hydrogen-bond acceptors (Lipinski definition) is 7. The van der Waals surface area contributed by atoms with Crippen molar-refractivity contribution in [1.29, 1.82) is 0 Å². The Labute approximate surface area is 170 Å². The third-order valence-electron chi connectivity index (χ3n) is 8.45. The molecule has 0 amide bonds. The molecule has 0 unspecified atom stereocenters. The minimum atomic E-state index is -1.49. The number of Topliss-reactive ketones (excluding diaryl/α,β-unsaturated/α-hetero) is 1. The molecular formula is C22H30O7. The molecule has 2 N–H and O–H groups in total. The largest absolute Gasteiger partial charge is 0.462 e. The fraction of sp³-hybridized carbons (Fsp3) is 0.773. The van der Waals surface area contributed by atoms with Crippen molar-refractivity contribution in [3.63, 3.8) is 0 Å². The van der Waals surface area contributed by atoms with Crippen LogP contribution in [0.2, 0.25) is 0 Å². The highest BCUT2D eigenvalue weighted by molar-refractivity contribution is 5.92. The van der Waals surface area contributed by atoms with Crippen LogP contribution in [0, 0.1) is 22.7 Å². The molecule has 0 aromatic rings. The van der Waals surface area contributed by atoms with E-state index in [1.807, 2.05) is 20.8 Å². The van der Waals surface area contributed by atoms with Gasteiger partial charge >= 0.3 is 11.9 Å². The van der Waals surface area contributed by atoms with Crippen LogP contribution in [-0.4, -0.2) is 51.8 Å². The van der Waals surface area contributed by atoms with Gasteiger partial charge in [-0.15, -0.1) is 0 Å². The van der Waals surface area contributed by atoms with Crippen LogP contribution in [0.1, 0.15) is 60.3 Å². The molecule has 4 rings (SSSR count). The second kappa shape index (κ2) is 6.14. The molecule has 0 radical (unpaired) electrons. The lowest BCUT2D eigenvalue weighted by molar-refractivity contribution is -0.234. The number of carbonyl (C=O) groups is 3. The van der Waals surface area contributed by atoms with Crippen molar-refractivity contribution in [2.45, 2.75) is 84.2 Å². The number of carbonyl (C=O) groups excluding carboxylic acids is 3. The predicted octanol–water partition coefficient (Wildman–Crippen LogP) is 1.69. The molecule has 4 aliphatic rings. The Bertz CT molecular complexity index is 827. The number of aliphatic hydroxyl groups excluding tert-OH is 1. The maximum absolute atomic E-state index is 13.5. The molecule has 7 nitrogen and oxygen atoms in total. The van der Waals surface area contributed by atoms with E-state index < -0.39 is 52.6 Å². The summed E-state index contributed by atoms with van der Waals surface area (Å²) < 4.78 is 11.0. The number of aliphatic hydroxyl groups is 2. The molecule has 0 saturated heterocycles. The van der Waals surface area contributed by atoms with Crippen LogP contribution in [0.25, 0.3) is 0 Å². The Morgan fingerprint density at radius 1 is 1.21 bits per heavy atom. The summed E-state index contributed by atoms with van der Waals surface area (Å²) in [4.78, 5) is 37.1. The van der Waals surface area contributed by atoms with Gasteiger partial charge in [-0.3, -0.25) is 9.59 Å². The van der Waals surface area contributed by atoms with Gasteiger partial charge < -0.3 is 19.7 Å². The summed E-state index contributed by atoms with van der Waals surface area (Å²) >= 11 is 0. The van der Waals surface area contributed by atoms with Gasteiger partial charge in [-0.05, 0) is 32.1 Å². The van der Waals surface area contributed by atoms with Crippen LogP contribution in [-0.2, 0) is 23.9 Å². The topological polar surface area (TPSA) is 110 Å². The van der Waals surface area contributed by atoms with Crippen molar-refractivity contribution >= 4 is 17.7 Å². The highest BCUT2D eigenvalue weighted by Gasteiger charge is 2.70. The van der Waals surface area contributed by atoms with Crippen LogP contribution >= 0.6 is 0 Å². The van der Waals surface area contributed by atoms with Crippen molar-refractivity contribution < 1.29 is 34.1 Å². The minimum absolute atomic E-state index is 0.0723. The summed E-state index contributed by atoms with van der Waals surface area (Å²) in [5, 5.41) is 22.7. The van der Waals surface area contributed by atoms with Crippen molar-refractivity contribution in [2.24, 2.45) is 22.7 Å². The Kier molecular flexibility index (Phi) is 4.35. The molecule has 0 bridgehead atoms. The maximum atomic E-state index is 13.5. The molecule has 0 aromatic heterocycles. The van der Waals surface area contributed by atoms with Gasteiger partial charge in [0, 0.05) is 41.2 Å². The molecule has 3 saturated carbocycles. The summed E-state index contributed by atoms with van der Waals surface area (Å²) in [7, 11) is 0. The van der Waals surface area contributed by atoms with Crippen LogP contribution in [0.15, 0.2) is 11.1 Å². The van der Waals surface area contributed by atoms with Gasteiger partial charge in [0.1, 0.15) is 24.1 Å². The van der Waals surface area contributed by atoms with Gasteiger partial charge in [-0.1, -0.05) is 20.8 Å². The lowest BCUT2D eigenvalue weighted by Gasteiger charge is -2.64. The lowest BCUT2D eigenvalue weighted by atomic mass is 9.41. The van der Waals surface area contributed by atoms with Gasteiger partial charge in [0.2, 0.25) is 0 Å². The zero-order chi connectivity index (χ0) is 21.5. The Morgan fingerprint density at radius 3 is 2.48 bits per heavy atom. The molecule has 0 spiro atoms. The quantitative estimate of drug-likeness (QED) is 0.638. The Hall–Kier alpha value is -1.73. The standard InChI is InChI=1S/C22H30O7/c1-10-17-12(29-19(10)26)8-14-21(5)13(6-7-22(14,27)18(17)25)20(3,4)16(9-15(21)24)28-11(2)23/h12-14,16,18,25,27H,6-9H2,1-5H3/t12-,13-,14+,16+,18+,21-,22+/m1/s1. The van der Waals surface area contributed by atoms with E-state index in [1.54, 1.807) is 6.92 Å². The van der Waals surface area contributed by atoms with E-state index >= 15 is 0 Å². The van der Waals surface area contributed by atoms with Crippen molar-refractivity contribution in [1.82, 2.24) is 0 Å². The van der Waals surface area contributed by atoms with Crippen molar-refractivity contribution in [3.8, 4) is 0 Å². The Morgan fingerprint density at radius 2 is 1.86 bits per heavy atom. The SMILES string of the molecule is CC(=O)O[C@H]1CC(=O)[C@]2(C)[C@H](CC[C@]3(O)[C@H]2C[C@H]2OC(=O)C(C)=C2[C@@H]3O)C1(C)C. The highest BCUT2D eigenvalue weighted by atomic mass is 16.6. The van der Waals surface area contributed by atoms with Crippen molar-refractivity contribution in [3.05, 3.63) is 11.1 Å². The second-order valence-electron chi connectivity index (χ2n) is 10.1. The zero-order valence-electron chi connectivity index (χ0n) is 17.7. The van der Waals surface area contributed by atoms with E-state index in [2.05, 4.69) is 0 Å². The van der Waals surface area contributed by atoms with Crippen molar-refractivity contribution in [2.75, 3.05) is 0 Å². The minimum Gasteiger partial charge on any atom is -0.462 e. The summed E-state index contributed by atoms with van der Waals surface area (Å²) in [6, 6.07) is 0. The van der Waals surface area contributed by atoms with Crippen LogP contribution in [0.4, 0.5) is 0 Å². The van der Waals surface area contributed by atoms with Gasteiger partial charge in [0.15, 0.2) is 0 Å². The third-order valence-corrected chi connectivity index (χ3v) is 8.45. The third kappa shape index (κ3) is 2.53. The number of rotatable bonds is 1.